The second-order valence-electron chi connectivity index (χ2n) is 9.37. The number of carbonyl (C=O) groups excluding carboxylic acids is 2. The van der Waals surface area contributed by atoms with Crippen LogP contribution in [0.4, 0.5) is 0 Å². The lowest BCUT2D eigenvalue weighted by Gasteiger charge is -2.49. The average molecular weight is 510 g/mol. The van der Waals surface area contributed by atoms with Crippen molar-refractivity contribution in [3.63, 3.8) is 0 Å². The molecule has 7 heteroatoms. The van der Waals surface area contributed by atoms with Gasteiger partial charge in [-0.1, -0.05) is 66.8 Å². The summed E-state index contributed by atoms with van der Waals surface area (Å²) in [5.41, 5.74) is 7.25. The number of halogens is 3. The van der Waals surface area contributed by atoms with Gasteiger partial charge in [0.1, 0.15) is 11.8 Å². The van der Waals surface area contributed by atoms with E-state index >= 15 is 0 Å². The van der Waals surface area contributed by atoms with Gasteiger partial charge in [-0.05, 0) is 79.0 Å². The average Bonchev–Trinajstić information content (AvgIpc) is 2.78. The van der Waals surface area contributed by atoms with Gasteiger partial charge in [0.2, 0.25) is 5.91 Å². The first-order valence-corrected chi connectivity index (χ1v) is 12.5. The standard InChI is InChI=1S/C26H31Cl3N2O2/c1-16(2)3-10-24(33)31-26(15-32)12-11-21(20-9-8-19(28)13-23(20)29)25(22(26)14-30)17-4-6-18(27)7-5-17/h4-9,13,15-16,21-22,25H,3,10-12,14,30H2,1-2H3,(H,31,33)/t21-,22-,25-,26+/m0/s1. The molecule has 1 fully saturated rings. The molecular weight excluding hydrogens is 479 g/mol. The first kappa shape index (κ1) is 26.0. The smallest absolute Gasteiger partial charge is 0.220 e. The van der Waals surface area contributed by atoms with Crippen molar-refractivity contribution in [2.45, 2.75) is 56.9 Å². The van der Waals surface area contributed by atoms with E-state index in [-0.39, 0.29) is 30.2 Å². The summed E-state index contributed by atoms with van der Waals surface area (Å²) >= 11 is 18.9. The highest BCUT2D eigenvalue weighted by Gasteiger charge is 2.50. The Balaban J connectivity index is 2.05. The molecule has 0 heterocycles. The van der Waals surface area contributed by atoms with Crippen LogP contribution >= 0.6 is 34.8 Å². The van der Waals surface area contributed by atoms with Crippen molar-refractivity contribution in [1.29, 1.82) is 0 Å². The third-order valence-corrected chi connectivity index (χ3v) is 7.61. The van der Waals surface area contributed by atoms with Crippen LogP contribution in [0.5, 0.6) is 0 Å². The molecule has 4 nitrogen and oxygen atoms in total. The number of rotatable bonds is 8. The fourth-order valence-electron chi connectivity index (χ4n) is 5.09. The molecule has 178 valence electrons. The molecule has 0 spiro atoms. The van der Waals surface area contributed by atoms with E-state index in [9.17, 15) is 9.59 Å². The van der Waals surface area contributed by atoms with Crippen molar-refractivity contribution in [2.75, 3.05) is 6.54 Å². The number of amides is 1. The van der Waals surface area contributed by atoms with E-state index in [2.05, 4.69) is 19.2 Å². The van der Waals surface area contributed by atoms with E-state index in [0.717, 1.165) is 23.8 Å². The summed E-state index contributed by atoms with van der Waals surface area (Å²) in [6, 6.07) is 13.1. The van der Waals surface area contributed by atoms with Crippen LogP contribution in [0.1, 0.15) is 62.5 Å². The number of aldehydes is 1. The molecule has 2 aromatic rings. The molecule has 1 aliphatic rings. The van der Waals surface area contributed by atoms with Gasteiger partial charge in [0.25, 0.3) is 0 Å². The summed E-state index contributed by atoms with van der Waals surface area (Å²) in [5, 5.41) is 4.86. The van der Waals surface area contributed by atoms with Gasteiger partial charge < -0.3 is 15.8 Å². The molecule has 0 unspecified atom stereocenters. The predicted octanol–water partition coefficient (Wildman–Crippen LogP) is 6.37. The van der Waals surface area contributed by atoms with Crippen molar-refractivity contribution < 1.29 is 9.59 Å². The maximum Gasteiger partial charge on any atom is 0.220 e. The van der Waals surface area contributed by atoms with Crippen molar-refractivity contribution in [1.82, 2.24) is 5.32 Å². The highest BCUT2D eigenvalue weighted by molar-refractivity contribution is 6.35. The van der Waals surface area contributed by atoms with Gasteiger partial charge in [0.05, 0.1) is 0 Å². The molecular formula is C26H31Cl3N2O2. The van der Waals surface area contributed by atoms with Crippen molar-refractivity contribution in [3.05, 3.63) is 68.7 Å². The summed E-state index contributed by atoms with van der Waals surface area (Å²) in [4.78, 5) is 25.4. The molecule has 0 bridgehead atoms. The summed E-state index contributed by atoms with van der Waals surface area (Å²) < 4.78 is 0. The zero-order valence-electron chi connectivity index (χ0n) is 19.0. The number of benzene rings is 2. The molecule has 1 aliphatic carbocycles. The predicted molar refractivity (Wildman–Crippen MR) is 136 cm³/mol. The van der Waals surface area contributed by atoms with Crippen LogP contribution in [-0.2, 0) is 9.59 Å². The van der Waals surface area contributed by atoms with Gasteiger partial charge in [-0.3, -0.25) is 4.79 Å². The molecule has 0 saturated heterocycles. The van der Waals surface area contributed by atoms with Gasteiger partial charge in [-0.25, -0.2) is 0 Å². The van der Waals surface area contributed by atoms with Crippen LogP contribution in [0, 0.1) is 11.8 Å². The van der Waals surface area contributed by atoms with E-state index in [1.54, 1.807) is 6.07 Å². The molecule has 1 saturated carbocycles. The second kappa shape index (κ2) is 11.2. The minimum absolute atomic E-state index is 0.00475. The quantitative estimate of drug-likeness (QED) is 0.406. The molecule has 0 radical (unpaired) electrons. The summed E-state index contributed by atoms with van der Waals surface area (Å²) in [7, 11) is 0. The fraction of sp³-hybridized carbons (Fsp3) is 0.462. The Kier molecular flexibility index (Phi) is 8.85. The molecule has 0 aromatic heterocycles. The monoisotopic (exact) mass is 508 g/mol. The number of hydrogen-bond donors (Lipinski definition) is 2. The van der Waals surface area contributed by atoms with E-state index < -0.39 is 5.54 Å². The Morgan fingerprint density at radius 1 is 1.15 bits per heavy atom. The number of nitrogens with one attached hydrogen (secondary N) is 1. The Bertz CT molecular complexity index is 980. The van der Waals surface area contributed by atoms with E-state index in [1.165, 1.54) is 0 Å². The number of hydrogen-bond acceptors (Lipinski definition) is 3. The largest absolute Gasteiger partial charge is 0.344 e. The SMILES string of the molecule is CC(C)CCC(=O)N[C@@]1(C=O)CC[C@@H](c2ccc(Cl)cc2Cl)[C@H](c2ccc(Cl)cc2)[C@@H]1CN. The van der Waals surface area contributed by atoms with Gasteiger partial charge in [0, 0.05) is 27.4 Å². The molecule has 1 amide bonds. The highest BCUT2D eigenvalue weighted by atomic mass is 35.5. The summed E-state index contributed by atoms with van der Waals surface area (Å²) in [6.07, 6.45) is 3.18. The molecule has 3 rings (SSSR count). The molecule has 2 aromatic carbocycles. The Hall–Kier alpha value is -1.59. The van der Waals surface area contributed by atoms with Crippen LogP contribution in [0.2, 0.25) is 15.1 Å². The molecule has 3 N–H and O–H groups in total. The van der Waals surface area contributed by atoms with E-state index in [1.807, 2.05) is 36.4 Å². The lowest BCUT2D eigenvalue weighted by atomic mass is 9.59. The van der Waals surface area contributed by atoms with Crippen molar-refractivity contribution in [3.8, 4) is 0 Å². The number of nitrogens with two attached hydrogens (primary N) is 1. The van der Waals surface area contributed by atoms with Gasteiger partial charge in [-0.2, -0.15) is 0 Å². The third kappa shape index (κ3) is 5.92. The maximum atomic E-state index is 12.8. The minimum atomic E-state index is -1.04. The minimum Gasteiger partial charge on any atom is -0.344 e. The first-order chi connectivity index (χ1) is 15.7. The van der Waals surface area contributed by atoms with Crippen LogP contribution in [0.15, 0.2) is 42.5 Å². The van der Waals surface area contributed by atoms with E-state index in [4.69, 9.17) is 40.5 Å². The Morgan fingerprint density at radius 3 is 2.39 bits per heavy atom. The fourth-order valence-corrected chi connectivity index (χ4v) is 5.77. The highest BCUT2D eigenvalue weighted by Crippen LogP contribution is 2.52. The van der Waals surface area contributed by atoms with Gasteiger partial charge >= 0.3 is 0 Å². The van der Waals surface area contributed by atoms with Crippen LogP contribution in [0.25, 0.3) is 0 Å². The zero-order valence-corrected chi connectivity index (χ0v) is 21.3. The number of carbonyl (C=O) groups is 2. The Labute approximate surface area is 211 Å². The second-order valence-corrected chi connectivity index (χ2v) is 10.6. The summed E-state index contributed by atoms with van der Waals surface area (Å²) in [5.74, 6) is -0.171. The van der Waals surface area contributed by atoms with Crippen molar-refractivity contribution >= 4 is 47.0 Å². The van der Waals surface area contributed by atoms with Crippen LogP contribution < -0.4 is 11.1 Å². The molecule has 0 aliphatic heterocycles. The van der Waals surface area contributed by atoms with Gasteiger partial charge in [0.15, 0.2) is 0 Å². The molecule has 4 atom stereocenters. The Morgan fingerprint density at radius 2 is 1.82 bits per heavy atom. The molecule has 33 heavy (non-hydrogen) atoms. The first-order valence-electron chi connectivity index (χ1n) is 11.4. The zero-order chi connectivity index (χ0) is 24.2. The maximum absolute atomic E-state index is 12.8. The topological polar surface area (TPSA) is 72.2 Å². The van der Waals surface area contributed by atoms with Crippen LogP contribution in [0.3, 0.4) is 0 Å². The normalized spacial score (nSPS) is 25.1. The van der Waals surface area contributed by atoms with Crippen molar-refractivity contribution in [2.24, 2.45) is 17.6 Å². The lowest BCUT2D eigenvalue weighted by molar-refractivity contribution is -0.130. The van der Waals surface area contributed by atoms with Gasteiger partial charge in [-0.15, -0.1) is 0 Å². The summed E-state index contributed by atoms with van der Waals surface area (Å²) in [6.45, 7) is 4.38. The lowest BCUT2D eigenvalue weighted by Crippen LogP contribution is -2.61. The van der Waals surface area contributed by atoms with E-state index in [0.29, 0.717) is 40.2 Å². The van der Waals surface area contributed by atoms with Crippen LogP contribution in [-0.4, -0.2) is 24.3 Å². The third-order valence-electron chi connectivity index (χ3n) is 6.80.